The Morgan fingerprint density at radius 2 is 2.15 bits per heavy atom. The molecule has 0 aliphatic heterocycles. The van der Waals surface area contributed by atoms with E-state index in [4.69, 9.17) is 5.73 Å². The van der Waals surface area contributed by atoms with E-state index in [1.54, 1.807) is 17.4 Å². The van der Waals surface area contributed by atoms with E-state index in [1.807, 2.05) is 13.0 Å². The van der Waals surface area contributed by atoms with Crippen LogP contribution in [0.4, 0.5) is 4.39 Å². The zero-order chi connectivity index (χ0) is 14.5. The van der Waals surface area contributed by atoms with Gasteiger partial charge in [0.05, 0.1) is 0 Å². The van der Waals surface area contributed by atoms with Gasteiger partial charge in [0.1, 0.15) is 5.82 Å². The fraction of sp³-hybridized carbons (Fsp3) is 0.375. The Labute approximate surface area is 124 Å². The van der Waals surface area contributed by atoms with E-state index in [2.05, 4.69) is 29.5 Å². The maximum absolute atomic E-state index is 13.5. The van der Waals surface area contributed by atoms with Gasteiger partial charge < -0.3 is 5.73 Å². The minimum Gasteiger partial charge on any atom is -0.329 e. The van der Waals surface area contributed by atoms with Crippen molar-refractivity contribution < 1.29 is 4.39 Å². The molecule has 0 amide bonds. The number of hydrogen-bond donors (Lipinski definition) is 1. The molecule has 0 fully saturated rings. The molecule has 2 rings (SSSR count). The molecular formula is C16H21FN2S. The van der Waals surface area contributed by atoms with E-state index >= 15 is 0 Å². The summed E-state index contributed by atoms with van der Waals surface area (Å²) < 4.78 is 13.5. The highest BCUT2D eigenvalue weighted by molar-refractivity contribution is 7.09. The third kappa shape index (κ3) is 3.66. The monoisotopic (exact) mass is 292 g/mol. The molecule has 1 aromatic heterocycles. The summed E-state index contributed by atoms with van der Waals surface area (Å²) in [7, 11) is 2.05. The molecule has 2 aromatic rings. The smallest absolute Gasteiger partial charge is 0.123 e. The van der Waals surface area contributed by atoms with Crippen molar-refractivity contribution in [2.45, 2.75) is 19.4 Å². The fourth-order valence-corrected chi connectivity index (χ4v) is 3.11. The zero-order valence-corrected chi connectivity index (χ0v) is 12.8. The first-order valence-electron chi connectivity index (χ1n) is 6.80. The molecule has 1 heterocycles. The lowest BCUT2D eigenvalue weighted by Crippen LogP contribution is -2.32. The summed E-state index contributed by atoms with van der Waals surface area (Å²) in [5, 5.41) is 2.09. The van der Waals surface area contributed by atoms with Crippen molar-refractivity contribution in [1.29, 1.82) is 0 Å². The van der Waals surface area contributed by atoms with Gasteiger partial charge in [-0.2, -0.15) is 0 Å². The van der Waals surface area contributed by atoms with Crippen molar-refractivity contribution >= 4 is 11.3 Å². The molecular weight excluding hydrogens is 271 g/mol. The molecule has 1 atom stereocenters. The lowest BCUT2D eigenvalue weighted by atomic mass is 10.00. The number of hydrogen-bond acceptors (Lipinski definition) is 3. The number of thiophene rings is 1. The van der Waals surface area contributed by atoms with Gasteiger partial charge in [-0.05, 0) is 55.1 Å². The average molecular weight is 292 g/mol. The lowest BCUT2D eigenvalue weighted by Gasteiger charge is -2.28. The van der Waals surface area contributed by atoms with Crippen LogP contribution < -0.4 is 5.73 Å². The Bertz CT molecular complexity index is 539. The van der Waals surface area contributed by atoms with Crippen LogP contribution >= 0.6 is 11.3 Å². The second kappa shape index (κ2) is 6.97. The second-order valence-corrected chi connectivity index (χ2v) is 6.09. The van der Waals surface area contributed by atoms with Gasteiger partial charge in [0.15, 0.2) is 0 Å². The van der Waals surface area contributed by atoms with Gasteiger partial charge in [-0.3, -0.25) is 4.90 Å². The quantitative estimate of drug-likeness (QED) is 0.884. The third-order valence-corrected chi connectivity index (χ3v) is 4.58. The summed E-state index contributed by atoms with van der Waals surface area (Å²) in [5.74, 6) is -0.198. The van der Waals surface area contributed by atoms with E-state index in [9.17, 15) is 4.39 Å². The molecule has 2 N–H and O–H groups in total. The lowest BCUT2D eigenvalue weighted by molar-refractivity contribution is 0.252. The summed E-state index contributed by atoms with van der Waals surface area (Å²) in [6, 6.07) is 9.19. The normalized spacial score (nSPS) is 12.8. The second-order valence-electron chi connectivity index (χ2n) is 5.06. The first kappa shape index (κ1) is 15.2. The molecule has 0 saturated carbocycles. The Morgan fingerprint density at radius 1 is 1.35 bits per heavy atom. The van der Waals surface area contributed by atoms with Gasteiger partial charge in [0.2, 0.25) is 0 Å². The van der Waals surface area contributed by atoms with Crippen LogP contribution in [-0.2, 0) is 6.42 Å². The summed E-state index contributed by atoms with van der Waals surface area (Å²) in [4.78, 5) is 3.57. The average Bonchev–Trinajstić information content (AvgIpc) is 2.94. The third-order valence-electron chi connectivity index (χ3n) is 3.65. The summed E-state index contributed by atoms with van der Waals surface area (Å²) in [5.41, 5.74) is 7.99. The standard InChI is InChI=1S/C16H21FN2S/c1-12-5-6-13(17)10-15(12)16(11-18)19(2)8-7-14-4-3-9-20-14/h3-6,9-10,16H,7-8,11,18H2,1-2H3. The van der Waals surface area contributed by atoms with Crippen molar-refractivity contribution in [3.05, 3.63) is 57.5 Å². The van der Waals surface area contributed by atoms with Crippen LogP contribution in [0.3, 0.4) is 0 Å². The van der Waals surface area contributed by atoms with Gasteiger partial charge in [-0.15, -0.1) is 11.3 Å². The van der Waals surface area contributed by atoms with Crippen LogP contribution in [0.1, 0.15) is 22.0 Å². The van der Waals surface area contributed by atoms with Crippen molar-refractivity contribution in [2.75, 3.05) is 20.1 Å². The molecule has 108 valence electrons. The molecule has 2 nitrogen and oxygen atoms in total. The van der Waals surface area contributed by atoms with Gasteiger partial charge >= 0.3 is 0 Å². The highest BCUT2D eigenvalue weighted by atomic mass is 32.1. The van der Waals surface area contributed by atoms with Crippen LogP contribution in [0, 0.1) is 12.7 Å². The van der Waals surface area contributed by atoms with Gasteiger partial charge in [0.25, 0.3) is 0 Å². The van der Waals surface area contributed by atoms with Crippen LogP contribution in [0.15, 0.2) is 35.7 Å². The van der Waals surface area contributed by atoms with Crippen LogP contribution in [0.25, 0.3) is 0 Å². The molecule has 0 aliphatic carbocycles. The number of aryl methyl sites for hydroxylation is 1. The number of likely N-dealkylation sites (N-methyl/N-ethyl adjacent to an activating group) is 1. The van der Waals surface area contributed by atoms with E-state index in [-0.39, 0.29) is 11.9 Å². The Morgan fingerprint density at radius 3 is 2.80 bits per heavy atom. The molecule has 4 heteroatoms. The van der Waals surface area contributed by atoms with Crippen molar-refractivity contribution in [3.63, 3.8) is 0 Å². The van der Waals surface area contributed by atoms with Gasteiger partial charge in [-0.25, -0.2) is 4.39 Å². The number of nitrogens with two attached hydrogens (primary N) is 1. The maximum Gasteiger partial charge on any atom is 0.123 e. The molecule has 1 aromatic carbocycles. The number of benzene rings is 1. The van der Waals surface area contributed by atoms with E-state index in [0.29, 0.717) is 6.54 Å². The molecule has 0 radical (unpaired) electrons. The van der Waals surface area contributed by atoms with E-state index < -0.39 is 0 Å². The first-order chi connectivity index (χ1) is 9.61. The van der Waals surface area contributed by atoms with Crippen LogP contribution in [0.5, 0.6) is 0 Å². The summed E-state index contributed by atoms with van der Waals surface area (Å²) >= 11 is 1.77. The molecule has 1 unspecified atom stereocenters. The van der Waals surface area contributed by atoms with Crippen LogP contribution in [-0.4, -0.2) is 25.0 Å². The Kier molecular flexibility index (Phi) is 5.29. The topological polar surface area (TPSA) is 29.3 Å². The molecule has 0 aliphatic rings. The largest absolute Gasteiger partial charge is 0.329 e. The van der Waals surface area contributed by atoms with E-state index in [1.165, 1.54) is 10.9 Å². The minimum atomic E-state index is -0.198. The summed E-state index contributed by atoms with van der Waals surface area (Å²) in [6.45, 7) is 3.41. The van der Waals surface area contributed by atoms with Crippen molar-refractivity contribution in [2.24, 2.45) is 5.73 Å². The first-order valence-corrected chi connectivity index (χ1v) is 7.68. The van der Waals surface area contributed by atoms with E-state index in [0.717, 1.165) is 24.1 Å². The van der Waals surface area contributed by atoms with Gasteiger partial charge in [0, 0.05) is 24.0 Å². The molecule has 0 saturated heterocycles. The number of rotatable bonds is 6. The maximum atomic E-state index is 13.5. The minimum absolute atomic E-state index is 0.0608. The predicted molar refractivity (Wildman–Crippen MR) is 83.6 cm³/mol. The Balaban J connectivity index is 2.08. The number of nitrogens with zero attached hydrogens (tertiary/aromatic N) is 1. The SMILES string of the molecule is Cc1ccc(F)cc1C(CN)N(C)CCc1cccs1. The fourth-order valence-electron chi connectivity index (χ4n) is 2.41. The zero-order valence-electron chi connectivity index (χ0n) is 12.0. The highest BCUT2D eigenvalue weighted by Crippen LogP contribution is 2.23. The van der Waals surface area contributed by atoms with Crippen molar-refractivity contribution in [1.82, 2.24) is 4.90 Å². The molecule has 20 heavy (non-hydrogen) atoms. The number of halogens is 1. The van der Waals surface area contributed by atoms with Crippen molar-refractivity contribution in [3.8, 4) is 0 Å². The Hall–Kier alpha value is -1.23. The molecule has 0 spiro atoms. The van der Waals surface area contributed by atoms with Crippen LogP contribution in [0.2, 0.25) is 0 Å². The summed E-state index contributed by atoms with van der Waals surface area (Å²) in [6.07, 6.45) is 0.999. The predicted octanol–water partition coefficient (Wildman–Crippen LogP) is 3.37. The highest BCUT2D eigenvalue weighted by Gasteiger charge is 2.18. The van der Waals surface area contributed by atoms with Gasteiger partial charge in [-0.1, -0.05) is 12.1 Å². The molecule has 0 bridgehead atoms.